The van der Waals surface area contributed by atoms with Gasteiger partial charge >= 0.3 is 0 Å². The fraction of sp³-hybridized carbons (Fsp3) is 0.263. The van der Waals surface area contributed by atoms with Gasteiger partial charge < -0.3 is 15.0 Å². The Balaban J connectivity index is 1.62. The molecule has 3 rings (SSSR count). The predicted molar refractivity (Wildman–Crippen MR) is 105 cm³/mol. The standard InChI is InChI=1S/C19H21N3O5S/c1-13-6-7-14(12-17(13)28(20,25)26)21-18(23)8-9-19(24)22-10-11-27-16-5-3-2-4-15(16)22/h2-7,12H,8-11H2,1H3,(H,21,23)(H2,20,25,26). The van der Waals surface area contributed by atoms with Gasteiger partial charge in [-0.15, -0.1) is 0 Å². The Morgan fingerprint density at radius 2 is 1.93 bits per heavy atom. The molecule has 1 aliphatic heterocycles. The SMILES string of the molecule is Cc1ccc(NC(=O)CCC(=O)N2CCOc3ccccc32)cc1S(N)(=O)=O. The molecule has 2 aromatic rings. The lowest BCUT2D eigenvalue weighted by molar-refractivity contribution is -0.122. The van der Waals surface area contributed by atoms with Crippen LogP contribution in [0.2, 0.25) is 0 Å². The van der Waals surface area contributed by atoms with Gasteiger partial charge in [0.1, 0.15) is 12.4 Å². The first-order chi connectivity index (χ1) is 13.3. The highest BCUT2D eigenvalue weighted by Gasteiger charge is 2.23. The first-order valence-corrected chi connectivity index (χ1v) is 10.3. The monoisotopic (exact) mass is 403 g/mol. The lowest BCUT2D eigenvalue weighted by atomic mass is 10.2. The molecule has 1 aliphatic rings. The van der Waals surface area contributed by atoms with Crippen molar-refractivity contribution < 1.29 is 22.7 Å². The second-order valence-electron chi connectivity index (χ2n) is 6.44. The average molecular weight is 403 g/mol. The number of anilines is 2. The number of hydrogen-bond acceptors (Lipinski definition) is 5. The van der Waals surface area contributed by atoms with Crippen LogP contribution in [0.25, 0.3) is 0 Å². The van der Waals surface area contributed by atoms with E-state index < -0.39 is 10.0 Å². The molecule has 0 spiro atoms. The van der Waals surface area contributed by atoms with Gasteiger partial charge in [0.2, 0.25) is 21.8 Å². The Bertz CT molecular complexity index is 1020. The number of primary sulfonamides is 1. The third-order valence-electron chi connectivity index (χ3n) is 4.37. The van der Waals surface area contributed by atoms with E-state index in [-0.39, 0.29) is 29.6 Å². The number of nitrogens with one attached hydrogen (secondary N) is 1. The van der Waals surface area contributed by atoms with Gasteiger partial charge in [-0.2, -0.15) is 0 Å². The predicted octanol–water partition coefficient (Wildman–Crippen LogP) is 1.79. The second kappa shape index (κ2) is 7.99. The maximum absolute atomic E-state index is 12.5. The van der Waals surface area contributed by atoms with Gasteiger partial charge in [0.25, 0.3) is 0 Å². The lowest BCUT2D eigenvalue weighted by Gasteiger charge is -2.29. The molecule has 0 atom stereocenters. The Labute approximate surface area is 163 Å². The molecule has 0 aliphatic carbocycles. The number of fused-ring (bicyclic) bond motifs is 1. The third-order valence-corrected chi connectivity index (χ3v) is 5.43. The van der Waals surface area contributed by atoms with E-state index in [0.29, 0.717) is 35.8 Å². The van der Waals surface area contributed by atoms with Crippen molar-refractivity contribution in [1.29, 1.82) is 0 Å². The van der Waals surface area contributed by atoms with Crippen LogP contribution in [0.4, 0.5) is 11.4 Å². The van der Waals surface area contributed by atoms with Crippen molar-refractivity contribution >= 4 is 33.2 Å². The summed E-state index contributed by atoms with van der Waals surface area (Å²) < 4.78 is 28.7. The number of carbonyl (C=O) groups excluding carboxylic acids is 2. The molecule has 8 nitrogen and oxygen atoms in total. The van der Waals surface area contributed by atoms with Crippen LogP contribution in [-0.2, 0) is 19.6 Å². The minimum Gasteiger partial charge on any atom is -0.490 e. The molecular weight excluding hydrogens is 382 g/mol. The van der Waals surface area contributed by atoms with Gasteiger partial charge in [0.15, 0.2) is 0 Å². The highest BCUT2D eigenvalue weighted by molar-refractivity contribution is 7.89. The normalized spacial score (nSPS) is 13.4. The number of sulfonamides is 1. The van der Waals surface area contributed by atoms with Crippen LogP contribution in [0, 0.1) is 6.92 Å². The van der Waals surface area contributed by atoms with Crippen LogP contribution < -0.4 is 20.1 Å². The zero-order valence-corrected chi connectivity index (χ0v) is 16.2. The molecule has 1 heterocycles. The van der Waals surface area contributed by atoms with Crippen molar-refractivity contribution in [3.63, 3.8) is 0 Å². The molecule has 148 valence electrons. The highest BCUT2D eigenvalue weighted by atomic mass is 32.2. The van der Waals surface area contributed by atoms with Crippen molar-refractivity contribution in [3.8, 4) is 5.75 Å². The van der Waals surface area contributed by atoms with Crippen LogP contribution in [-0.4, -0.2) is 33.4 Å². The number of nitrogens with two attached hydrogens (primary N) is 1. The Morgan fingerprint density at radius 1 is 1.18 bits per heavy atom. The average Bonchev–Trinajstić information content (AvgIpc) is 2.66. The number of carbonyl (C=O) groups is 2. The van der Waals surface area contributed by atoms with E-state index in [1.54, 1.807) is 36.1 Å². The van der Waals surface area contributed by atoms with Crippen molar-refractivity contribution in [2.24, 2.45) is 5.14 Å². The summed E-state index contributed by atoms with van der Waals surface area (Å²) in [6.45, 7) is 2.44. The van der Waals surface area contributed by atoms with Crippen molar-refractivity contribution in [2.75, 3.05) is 23.4 Å². The number of aryl methyl sites for hydroxylation is 1. The molecule has 0 bridgehead atoms. The van der Waals surface area contributed by atoms with Gasteiger partial charge in [-0.05, 0) is 36.8 Å². The number of benzene rings is 2. The fourth-order valence-electron chi connectivity index (χ4n) is 2.99. The van der Waals surface area contributed by atoms with Crippen LogP contribution in [0.1, 0.15) is 18.4 Å². The summed E-state index contributed by atoms with van der Waals surface area (Å²) in [5.74, 6) is 0.0703. The number of rotatable bonds is 5. The minimum absolute atomic E-state index is 0.0219. The van der Waals surface area contributed by atoms with E-state index in [4.69, 9.17) is 9.88 Å². The zero-order chi connectivity index (χ0) is 20.3. The van der Waals surface area contributed by atoms with Crippen LogP contribution in [0.5, 0.6) is 5.75 Å². The number of hydrogen-bond donors (Lipinski definition) is 2. The first-order valence-electron chi connectivity index (χ1n) is 8.71. The van der Waals surface area contributed by atoms with E-state index in [1.165, 1.54) is 6.07 Å². The second-order valence-corrected chi connectivity index (χ2v) is 7.96. The van der Waals surface area contributed by atoms with Crippen LogP contribution >= 0.6 is 0 Å². The van der Waals surface area contributed by atoms with Crippen molar-refractivity contribution in [3.05, 3.63) is 48.0 Å². The van der Waals surface area contributed by atoms with E-state index in [2.05, 4.69) is 5.32 Å². The van der Waals surface area contributed by atoms with Gasteiger partial charge in [0, 0.05) is 18.5 Å². The van der Waals surface area contributed by atoms with Gasteiger partial charge in [0.05, 0.1) is 17.1 Å². The molecule has 3 N–H and O–H groups in total. The molecule has 2 amide bonds. The molecule has 9 heteroatoms. The first kappa shape index (κ1) is 19.8. The molecular formula is C19H21N3O5S. The summed E-state index contributed by atoms with van der Waals surface area (Å²) in [7, 11) is -3.88. The summed E-state index contributed by atoms with van der Waals surface area (Å²) in [5, 5.41) is 7.78. The summed E-state index contributed by atoms with van der Waals surface area (Å²) >= 11 is 0. The van der Waals surface area contributed by atoms with E-state index in [9.17, 15) is 18.0 Å². The third kappa shape index (κ3) is 4.49. The van der Waals surface area contributed by atoms with Gasteiger partial charge in [-0.25, -0.2) is 13.6 Å². The summed E-state index contributed by atoms with van der Waals surface area (Å²) in [6, 6.07) is 11.7. The molecule has 0 saturated heterocycles. The Hall–Kier alpha value is -2.91. The van der Waals surface area contributed by atoms with E-state index in [0.717, 1.165) is 0 Å². The van der Waals surface area contributed by atoms with Crippen LogP contribution in [0.15, 0.2) is 47.4 Å². The molecule has 0 saturated carbocycles. The number of para-hydroxylation sites is 2. The van der Waals surface area contributed by atoms with Crippen LogP contribution in [0.3, 0.4) is 0 Å². The molecule has 2 aromatic carbocycles. The smallest absolute Gasteiger partial charge is 0.238 e. The summed E-state index contributed by atoms with van der Waals surface area (Å²) in [4.78, 5) is 26.3. The summed E-state index contributed by atoms with van der Waals surface area (Å²) in [6.07, 6.45) is -0.00891. The fourth-order valence-corrected chi connectivity index (χ4v) is 3.80. The molecule has 0 aromatic heterocycles. The Morgan fingerprint density at radius 3 is 2.68 bits per heavy atom. The number of amides is 2. The Kier molecular flexibility index (Phi) is 5.66. The largest absolute Gasteiger partial charge is 0.490 e. The summed E-state index contributed by atoms with van der Waals surface area (Å²) in [5.41, 5.74) is 1.49. The number of nitrogens with zero attached hydrogens (tertiary/aromatic N) is 1. The van der Waals surface area contributed by atoms with Crippen molar-refractivity contribution in [1.82, 2.24) is 0 Å². The highest BCUT2D eigenvalue weighted by Crippen LogP contribution is 2.31. The van der Waals surface area contributed by atoms with E-state index in [1.807, 2.05) is 12.1 Å². The molecule has 28 heavy (non-hydrogen) atoms. The molecule has 0 fully saturated rings. The van der Waals surface area contributed by atoms with Crippen molar-refractivity contribution in [2.45, 2.75) is 24.7 Å². The van der Waals surface area contributed by atoms with Gasteiger partial charge in [-0.3, -0.25) is 9.59 Å². The number of ether oxygens (including phenoxy) is 1. The molecule has 0 unspecified atom stereocenters. The maximum atomic E-state index is 12.5. The molecule has 0 radical (unpaired) electrons. The maximum Gasteiger partial charge on any atom is 0.238 e. The quantitative estimate of drug-likeness (QED) is 0.789. The minimum atomic E-state index is -3.88. The van der Waals surface area contributed by atoms with Gasteiger partial charge in [-0.1, -0.05) is 18.2 Å². The topological polar surface area (TPSA) is 119 Å². The van der Waals surface area contributed by atoms with E-state index >= 15 is 0 Å². The lowest BCUT2D eigenvalue weighted by Crippen LogP contribution is -2.38. The zero-order valence-electron chi connectivity index (χ0n) is 15.3.